The van der Waals surface area contributed by atoms with Crippen molar-refractivity contribution in [3.05, 3.63) is 207 Å². The van der Waals surface area contributed by atoms with E-state index in [1.54, 1.807) is 28.0 Å². The number of hydrogen-bond donors (Lipinski definition) is 0. The van der Waals surface area contributed by atoms with Crippen LogP contribution in [-0.4, -0.2) is 27.6 Å². The topological polar surface area (TPSA) is 11.4 Å². The number of fused-ring (bicyclic) bond motifs is 9. The molecule has 0 bridgehead atoms. The zero-order valence-corrected chi connectivity index (χ0v) is 37.7. The normalized spacial score (nSPS) is 25.6. The molecule has 0 N–H and O–H groups in total. The Morgan fingerprint density at radius 3 is 2.10 bits per heavy atom. The van der Waals surface area contributed by atoms with Crippen LogP contribution in [0.25, 0.3) is 22.8 Å². The number of aromatic nitrogens is 1. The number of nitrogens with zero attached hydrogens (tertiary/aromatic N) is 3. The van der Waals surface area contributed by atoms with Gasteiger partial charge in [-0.1, -0.05) is 149 Å². The van der Waals surface area contributed by atoms with Crippen molar-refractivity contribution >= 4 is 28.5 Å². The Balaban J connectivity index is 0.848. The molecule has 3 aromatic carbocycles. The van der Waals surface area contributed by atoms with Gasteiger partial charge in [0.15, 0.2) is 0 Å². The Morgan fingerprint density at radius 1 is 0.619 bits per heavy atom. The Morgan fingerprint density at radius 2 is 1.35 bits per heavy atom. The third kappa shape index (κ3) is 6.09. The van der Waals surface area contributed by atoms with Gasteiger partial charge in [0.05, 0.1) is 6.04 Å². The van der Waals surface area contributed by atoms with Crippen molar-refractivity contribution in [3.8, 4) is 0 Å². The van der Waals surface area contributed by atoms with E-state index in [-0.39, 0.29) is 16.9 Å². The van der Waals surface area contributed by atoms with Crippen molar-refractivity contribution in [1.29, 1.82) is 0 Å². The number of allylic oxidation sites excluding steroid dienone is 10. The number of benzene rings is 3. The van der Waals surface area contributed by atoms with Crippen LogP contribution in [-0.2, 0) is 23.7 Å². The fraction of sp³-hybridized carbons (Fsp3) is 0.333. The smallest absolute Gasteiger partial charge is 0.0558 e. The lowest BCUT2D eigenvalue weighted by Crippen LogP contribution is -2.49. The number of anilines is 1. The predicted molar refractivity (Wildman–Crippen MR) is 264 cm³/mol. The number of rotatable bonds is 7. The van der Waals surface area contributed by atoms with Crippen LogP contribution >= 0.6 is 0 Å². The summed E-state index contributed by atoms with van der Waals surface area (Å²) in [4.78, 5) is 5.38. The van der Waals surface area contributed by atoms with E-state index in [2.05, 4.69) is 194 Å². The third-order valence-corrected chi connectivity index (χ3v) is 16.1. The quantitative estimate of drug-likeness (QED) is 0.172. The molecule has 12 rings (SSSR count). The molecule has 63 heavy (non-hydrogen) atoms. The van der Waals surface area contributed by atoms with Crippen molar-refractivity contribution in [2.75, 3.05) is 4.90 Å². The van der Waals surface area contributed by atoms with Gasteiger partial charge in [-0.25, -0.2) is 0 Å². The van der Waals surface area contributed by atoms with E-state index in [0.717, 1.165) is 44.9 Å². The van der Waals surface area contributed by atoms with Crippen molar-refractivity contribution in [3.63, 3.8) is 0 Å². The molecule has 3 heteroatoms. The minimum absolute atomic E-state index is 0.00589. The van der Waals surface area contributed by atoms with Crippen molar-refractivity contribution in [2.24, 2.45) is 0 Å². The van der Waals surface area contributed by atoms with Gasteiger partial charge in [0.2, 0.25) is 0 Å². The molecule has 0 fully saturated rings. The van der Waals surface area contributed by atoms with Crippen LogP contribution in [0.3, 0.4) is 0 Å². The highest BCUT2D eigenvalue weighted by molar-refractivity contribution is 6.04. The van der Waals surface area contributed by atoms with Gasteiger partial charge >= 0.3 is 0 Å². The summed E-state index contributed by atoms with van der Waals surface area (Å²) in [7, 11) is 0. The maximum Gasteiger partial charge on any atom is 0.0558 e. The fourth-order valence-electron chi connectivity index (χ4n) is 13.3. The molecule has 1 aromatic heterocycles. The Kier molecular flexibility index (Phi) is 9.27. The molecule has 8 aliphatic carbocycles. The highest BCUT2D eigenvalue weighted by atomic mass is 15.2. The molecule has 8 aliphatic rings. The summed E-state index contributed by atoms with van der Waals surface area (Å²) in [6.07, 6.45) is 41.2. The lowest BCUT2D eigenvalue weighted by Gasteiger charge is -2.44. The molecule has 0 radical (unpaired) electrons. The highest BCUT2D eigenvalue weighted by Gasteiger charge is 2.45. The predicted octanol–water partition coefficient (Wildman–Crippen LogP) is 14.2. The van der Waals surface area contributed by atoms with Crippen molar-refractivity contribution < 1.29 is 0 Å². The third-order valence-electron chi connectivity index (χ3n) is 16.1. The first kappa shape index (κ1) is 39.0. The van der Waals surface area contributed by atoms with Crippen LogP contribution < -0.4 is 4.90 Å². The van der Waals surface area contributed by atoms with Crippen LogP contribution in [0.2, 0.25) is 0 Å². The molecule has 1 heterocycles. The standard InChI is InChI=1S/C60H61N3/c1-59(2)52-24-14-11-21-47(52)49-36-35-46(39-54(49)59)62(41-19-9-6-10-20-41)44-29-27-42(28-30-44)61(40-17-7-5-8-18-40)43-31-33-45(34-32-43)63-55-26-16-13-23-51(55)57-56(63)38-37-50-48-22-12-15-25-53(48)60(3,4)58(50)57/h5,7-9,11-12,14-19,21-22,24-29,31-33,36,39,41,44-46H,6,10,13,20,23,30,34-35,37-38H2,1-4H3. The van der Waals surface area contributed by atoms with Gasteiger partial charge in [-0.05, 0) is 145 Å². The molecular weight excluding hydrogens is 763 g/mol. The first-order valence-electron chi connectivity index (χ1n) is 24.1. The molecule has 316 valence electrons. The van der Waals surface area contributed by atoms with E-state index in [9.17, 15) is 0 Å². The Hall–Kier alpha value is -5.64. The van der Waals surface area contributed by atoms with Gasteiger partial charge in [-0.2, -0.15) is 0 Å². The summed E-state index contributed by atoms with van der Waals surface area (Å²) in [6.45, 7) is 9.79. The van der Waals surface area contributed by atoms with E-state index in [0.29, 0.717) is 18.1 Å². The molecule has 0 saturated carbocycles. The van der Waals surface area contributed by atoms with E-state index < -0.39 is 0 Å². The van der Waals surface area contributed by atoms with E-state index in [4.69, 9.17) is 0 Å². The summed E-state index contributed by atoms with van der Waals surface area (Å²) < 4.78 is 2.75. The fourth-order valence-corrected chi connectivity index (χ4v) is 13.3. The van der Waals surface area contributed by atoms with E-state index in [1.807, 2.05) is 0 Å². The van der Waals surface area contributed by atoms with Gasteiger partial charge in [0.1, 0.15) is 0 Å². The van der Waals surface area contributed by atoms with Crippen molar-refractivity contribution in [1.82, 2.24) is 9.47 Å². The summed E-state index contributed by atoms with van der Waals surface area (Å²) in [5.41, 5.74) is 22.0. The molecule has 0 saturated heterocycles. The average molecular weight is 824 g/mol. The SMILES string of the molecule is CC1(C)C2=CC(N(C3C=CC(N(C4=CCC(n5c6c(c7c5CCC5=C7C(C)(C)c7ccccc75)CCC=C6)C=C4)c4ccccc4)=CC3)C3C=CCCC3)CC=C2c2ccccc21. The van der Waals surface area contributed by atoms with Crippen molar-refractivity contribution in [2.45, 2.75) is 127 Å². The number of para-hydroxylation sites is 1. The lowest BCUT2D eigenvalue weighted by atomic mass is 9.74. The van der Waals surface area contributed by atoms with Gasteiger partial charge < -0.3 is 9.47 Å². The summed E-state index contributed by atoms with van der Waals surface area (Å²) in [6, 6.07) is 30.8. The zero-order chi connectivity index (χ0) is 42.5. The molecule has 4 aromatic rings. The minimum Gasteiger partial charge on any atom is -0.337 e. The maximum atomic E-state index is 2.87. The van der Waals surface area contributed by atoms with Crippen LogP contribution in [0.1, 0.15) is 130 Å². The lowest BCUT2D eigenvalue weighted by molar-refractivity contribution is 0.139. The molecule has 4 atom stereocenters. The Bertz CT molecular complexity index is 2820. The molecule has 0 aliphatic heterocycles. The molecule has 3 nitrogen and oxygen atoms in total. The monoisotopic (exact) mass is 823 g/mol. The van der Waals surface area contributed by atoms with Crippen LogP contribution in [0.4, 0.5) is 5.69 Å². The number of hydrogen-bond acceptors (Lipinski definition) is 2. The van der Waals surface area contributed by atoms with E-state index >= 15 is 0 Å². The van der Waals surface area contributed by atoms with Crippen LogP contribution in [0.15, 0.2) is 163 Å². The summed E-state index contributed by atoms with van der Waals surface area (Å²) in [5.74, 6) is 0. The van der Waals surface area contributed by atoms with E-state index in [1.165, 1.54) is 75.4 Å². The summed E-state index contributed by atoms with van der Waals surface area (Å²) in [5, 5.41) is 0. The van der Waals surface area contributed by atoms with Gasteiger partial charge in [-0.15, -0.1) is 0 Å². The zero-order valence-electron chi connectivity index (χ0n) is 37.7. The second-order valence-electron chi connectivity index (χ2n) is 20.3. The van der Waals surface area contributed by atoms with Crippen LogP contribution in [0, 0.1) is 0 Å². The molecule has 4 unspecified atom stereocenters. The molecule has 0 spiro atoms. The van der Waals surface area contributed by atoms with Gasteiger partial charge in [0.25, 0.3) is 0 Å². The summed E-state index contributed by atoms with van der Waals surface area (Å²) >= 11 is 0. The second kappa shape index (κ2) is 15.0. The molecule has 0 amide bonds. The maximum absolute atomic E-state index is 2.87. The van der Waals surface area contributed by atoms with Gasteiger partial charge in [-0.3, -0.25) is 4.90 Å². The van der Waals surface area contributed by atoms with Gasteiger partial charge in [0, 0.05) is 63.0 Å². The minimum atomic E-state index is 0.00589. The second-order valence-corrected chi connectivity index (χ2v) is 20.3. The largest absolute Gasteiger partial charge is 0.337 e. The average Bonchev–Trinajstić information content (AvgIpc) is 3.87. The van der Waals surface area contributed by atoms with Crippen LogP contribution in [0.5, 0.6) is 0 Å². The highest BCUT2D eigenvalue weighted by Crippen LogP contribution is 2.58. The Labute approximate surface area is 375 Å². The molecular formula is C60H61N3. The first-order valence-corrected chi connectivity index (χ1v) is 24.1. The first-order chi connectivity index (χ1) is 30.8.